The van der Waals surface area contributed by atoms with Gasteiger partial charge in [-0.2, -0.15) is 5.10 Å². The van der Waals surface area contributed by atoms with Crippen LogP contribution in [-0.2, 0) is 6.54 Å². The number of aryl methyl sites for hydroxylation is 1. The molecule has 0 radical (unpaired) electrons. The molecule has 29 heavy (non-hydrogen) atoms. The molecule has 2 aromatic heterocycles. The van der Waals surface area contributed by atoms with Crippen molar-refractivity contribution < 1.29 is 5.11 Å². The van der Waals surface area contributed by atoms with Crippen LogP contribution >= 0.6 is 0 Å². The lowest BCUT2D eigenvalue weighted by molar-refractivity contribution is 0.328. The molecule has 2 heterocycles. The Hall–Kier alpha value is -3.16. The quantitative estimate of drug-likeness (QED) is 0.470. The molecule has 0 saturated carbocycles. The maximum absolute atomic E-state index is 12.3. The SMILES string of the molecule is CNCCN(C)Cc1cccc(-c2cc3c(cc2O)c(C)cc2n[nH]c(=O)n23)c1. The molecule has 0 amide bonds. The molecule has 0 saturated heterocycles. The van der Waals surface area contributed by atoms with Gasteiger partial charge in [-0.05, 0) is 62.0 Å². The van der Waals surface area contributed by atoms with Crippen LogP contribution in [0.5, 0.6) is 5.75 Å². The zero-order valence-corrected chi connectivity index (χ0v) is 16.9. The van der Waals surface area contributed by atoms with Gasteiger partial charge in [0.2, 0.25) is 0 Å². The molecule has 3 N–H and O–H groups in total. The zero-order chi connectivity index (χ0) is 20.5. The van der Waals surface area contributed by atoms with Gasteiger partial charge in [0, 0.05) is 30.6 Å². The standard InChI is InChI=1S/C22H25N5O2/c1-14-9-21-24-25-22(29)27(21)19-11-18(20(28)12-17(14)19)16-6-4-5-15(10-16)13-26(3)8-7-23-2/h4-6,9-12,23,28H,7-8,13H2,1-3H3,(H,25,29). The van der Waals surface area contributed by atoms with E-state index in [0.29, 0.717) is 11.2 Å². The fourth-order valence-corrected chi connectivity index (χ4v) is 3.75. The summed E-state index contributed by atoms with van der Waals surface area (Å²) in [6.07, 6.45) is 0. The van der Waals surface area contributed by atoms with Crippen molar-refractivity contribution in [3.8, 4) is 16.9 Å². The van der Waals surface area contributed by atoms with E-state index in [2.05, 4.69) is 39.6 Å². The van der Waals surface area contributed by atoms with Gasteiger partial charge in [0.25, 0.3) is 0 Å². The second-order valence-corrected chi connectivity index (χ2v) is 7.48. The minimum atomic E-state index is -0.290. The number of pyridine rings is 1. The third-order valence-corrected chi connectivity index (χ3v) is 5.26. The molecule has 4 rings (SSSR count). The normalized spacial score (nSPS) is 11.7. The van der Waals surface area contributed by atoms with E-state index in [4.69, 9.17) is 0 Å². The fraction of sp³-hybridized carbons (Fsp3) is 0.273. The first-order chi connectivity index (χ1) is 14.0. The Bertz CT molecular complexity index is 1240. The fourth-order valence-electron chi connectivity index (χ4n) is 3.75. The van der Waals surface area contributed by atoms with Crippen molar-refractivity contribution in [1.82, 2.24) is 24.8 Å². The van der Waals surface area contributed by atoms with Gasteiger partial charge in [-0.1, -0.05) is 18.2 Å². The summed E-state index contributed by atoms with van der Waals surface area (Å²) in [6.45, 7) is 4.63. The molecule has 0 aliphatic rings. The van der Waals surface area contributed by atoms with Gasteiger partial charge in [-0.25, -0.2) is 14.3 Å². The molecule has 0 aliphatic heterocycles. The molecule has 0 aliphatic carbocycles. The van der Waals surface area contributed by atoms with Crippen molar-refractivity contribution >= 4 is 16.6 Å². The number of likely N-dealkylation sites (N-methyl/N-ethyl adjacent to an activating group) is 2. The molecule has 7 heteroatoms. The summed E-state index contributed by atoms with van der Waals surface area (Å²) < 4.78 is 1.54. The van der Waals surface area contributed by atoms with E-state index < -0.39 is 0 Å². The van der Waals surface area contributed by atoms with E-state index in [9.17, 15) is 9.90 Å². The molecular formula is C22H25N5O2. The molecule has 0 bridgehead atoms. The number of phenolic OH excluding ortho intramolecular Hbond substituents is 1. The topological polar surface area (TPSA) is 85.7 Å². The van der Waals surface area contributed by atoms with Crippen molar-refractivity contribution in [2.75, 3.05) is 27.2 Å². The lowest BCUT2D eigenvalue weighted by atomic mass is 9.99. The lowest BCUT2D eigenvalue weighted by Crippen LogP contribution is -2.26. The lowest BCUT2D eigenvalue weighted by Gasteiger charge is -2.17. The molecule has 0 spiro atoms. The first-order valence-corrected chi connectivity index (χ1v) is 9.64. The maximum Gasteiger partial charge on any atom is 0.348 e. The number of nitrogens with one attached hydrogen (secondary N) is 2. The summed E-state index contributed by atoms with van der Waals surface area (Å²) in [5, 5.41) is 21.3. The van der Waals surface area contributed by atoms with Crippen LogP contribution in [0.3, 0.4) is 0 Å². The summed E-state index contributed by atoms with van der Waals surface area (Å²) >= 11 is 0. The first-order valence-electron chi connectivity index (χ1n) is 9.64. The Labute approximate surface area is 168 Å². The average Bonchev–Trinajstić information content (AvgIpc) is 3.07. The molecule has 0 atom stereocenters. The number of aromatic hydroxyl groups is 1. The number of H-pyrrole nitrogens is 1. The highest BCUT2D eigenvalue weighted by atomic mass is 16.3. The Morgan fingerprint density at radius 2 is 2.07 bits per heavy atom. The van der Waals surface area contributed by atoms with Crippen LogP contribution in [-0.4, -0.2) is 51.8 Å². The number of aromatic nitrogens is 3. The van der Waals surface area contributed by atoms with E-state index in [-0.39, 0.29) is 11.4 Å². The van der Waals surface area contributed by atoms with Gasteiger partial charge in [0.05, 0.1) is 5.52 Å². The Morgan fingerprint density at radius 3 is 2.86 bits per heavy atom. The average molecular weight is 391 g/mol. The summed E-state index contributed by atoms with van der Waals surface area (Å²) in [4.78, 5) is 14.5. The molecule has 0 unspecified atom stereocenters. The van der Waals surface area contributed by atoms with Crippen molar-refractivity contribution in [1.29, 1.82) is 0 Å². The summed E-state index contributed by atoms with van der Waals surface area (Å²) in [7, 11) is 4.03. The molecule has 4 aromatic rings. The van der Waals surface area contributed by atoms with E-state index in [1.165, 1.54) is 0 Å². The van der Waals surface area contributed by atoms with Crippen molar-refractivity contribution in [2.24, 2.45) is 0 Å². The summed E-state index contributed by atoms with van der Waals surface area (Å²) in [5.41, 5.74) is 4.72. The number of nitrogens with zero attached hydrogens (tertiary/aromatic N) is 3. The number of phenols is 1. The molecule has 7 nitrogen and oxygen atoms in total. The van der Waals surface area contributed by atoms with Gasteiger partial charge in [-0.15, -0.1) is 0 Å². The number of rotatable bonds is 6. The predicted molar refractivity (Wildman–Crippen MR) is 115 cm³/mol. The Balaban J connectivity index is 1.81. The maximum atomic E-state index is 12.3. The molecule has 2 aromatic carbocycles. The second-order valence-electron chi connectivity index (χ2n) is 7.48. The van der Waals surface area contributed by atoms with Crippen molar-refractivity contribution in [2.45, 2.75) is 13.5 Å². The highest BCUT2D eigenvalue weighted by molar-refractivity contribution is 5.92. The smallest absolute Gasteiger partial charge is 0.348 e. The van der Waals surface area contributed by atoms with Crippen LogP contribution < -0.4 is 11.0 Å². The van der Waals surface area contributed by atoms with Gasteiger partial charge in [0.15, 0.2) is 5.65 Å². The van der Waals surface area contributed by atoms with Gasteiger partial charge in [-0.3, -0.25) is 0 Å². The third kappa shape index (κ3) is 3.62. The van der Waals surface area contributed by atoms with E-state index in [0.717, 1.165) is 47.2 Å². The van der Waals surface area contributed by atoms with E-state index in [1.54, 1.807) is 10.5 Å². The van der Waals surface area contributed by atoms with Gasteiger partial charge in [0.1, 0.15) is 5.75 Å². The number of fused-ring (bicyclic) bond motifs is 3. The van der Waals surface area contributed by atoms with E-state index in [1.807, 2.05) is 38.2 Å². The van der Waals surface area contributed by atoms with Crippen LogP contribution in [0.2, 0.25) is 0 Å². The molecule has 0 fully saturated rings. The van der Waals surface area contributed by atoms with Crippen LogP contribution in [0.4, 0.5) is 0 Å². The molecule has 150 valence electrons. The minimum Gasteiger partial charge on any atom is -0.507 e. The van der Waals surface area contributed by atoms with Gasteiger partial charge >= 0.3 is 5.69 Å². The monoisotopic (exact) mass is 391 g/mol. The Morgan fingerprint density at radius 1 is 1.24 bits per heavy atom. The highest BCUT2D eigenvalue weighted by Gasteiger charge is 2.14. The number of aromatic amines is 1. The highest BCUT2D eigenvalue weighted by Crippen LogP contribution is 2.35. The first kappa shape index (κ1) is 19.2. The number of hydrogen-bond donors (Lipinski definition) is 3. The molecular weight excluding hydrogens is 366 g/mol. The van der Waals surface area contributed by atoms with Crippen LogP contribution in [0.25, 0.3) is 27.7 Å². The number of benzene rings is 2. The Kier molecular flexibility index (Phi) is 5.08. The number of hydrogen-bond acceptors (Lipinski definition) is 5. The van der Waals surface area contributed by atoms with E-state index >= 15 is 0 Å². The van der Waals surface area contributed by atoms with Gasteiger partial charge < -0.3 is 15.3 Å². The minimum absolute atomic E-state index is 0.192. The largest absolute Gasteiger partial charge is 0.507 e. The van der Waals surface area contributed by atoms with Crippen molar-refractivity contribution in [3.63, 3.8) is 0 Å². The van der Waals surface area contributed by atoms with Crippen LogP contribution in [0.15, 0.2) is 47.3 Å². The van der Waals surface area contributed by atoms with Crippen molar-refractivity contribution in [3.05, 3.63) is 64.1 Å². The third-order valence-electron chi connectivity index (χ3n) is 5.26. The van der Waals surface area contributed by atoms with Crippen LogP contribution in [0.1, 0.15) is 11.1 Å². The summed E-state index contributed by atoms with van der Waals surface area (Å²) in [5.74, 6) is 0.192. The zero-order valence-electron chi connectivity index (χ0n) is 16.9. The summed E-state index contributed by atoms with van der Waals surface area (Å²) in [6, 6.07) is 13.6. The predicted octanol–water partition coefficient (Wildman–Crippen LogP) is 2.51. The second kappa shape index (κ2) is 7.69. The van der Waals surface area contributed by atoms with Crippen LogP contribution in [0, 0.1) is 6.92 Å².